The second-order valence-corrected chi connectivity index (χ2v) is 22.5. The van der Waals surface area contributed by atoms with Gasteiger partial charge < -0.3 is 0 Å². The van der Waals surface area contributed by atoms with Crippen LogP contribution in [-0.2, 0) is 12.8 Å². The lowest BCUT2D eigenvalue weighted by Crippen LogP contribution is -2.02. The molecule has 97 heavy (non-hydrogen) atoms. The van der Waals surface area contributed by atoms with E-state index < -0.39 is 0 Å². The van der Waals surface area contributed by atoms with E-state index in [9.17, 15) is 0 Å². The van der Waals surface area contributed by atoms with Crippen molar-refractivity contribution in [3.8, 4) is 36.0 Å². The summed E-state index contributed by atoms with van der Waals surface area (Å²) >= 11 is 0. The molecule has 0 bridgehead atoms. The van der Waals surface area contributed by atoms with E-state index in [-0.39, 0.29) is 0 Å². The Kier molecular flexibility index (Phi) is 139. The largest absolute Gasteiger partial charge is 0.120 e. The summed E-state index contributed by atoms with van der Waals surface area (Å²) in [5, 5.41) is 0. The van der Waals surface area contributed by atoms with Crippen molar-refractivity contribution in [2.24, 2.45) is 5.92 Å². The normalized spacial score (nSPS) is 9.34. The molecule has 5 rings (SSSR count). The Bertz CT molecular complexity index is 2450. The fourth-order valence-corrected chi connectivity index (χ4v) is 5.26. The first kappa shape index (κ1) is 117. The molecular weight excluding hydrogens is 1170 g/mol. The highest BCUT2D eigenvalue weighted by Gasteiger charge is 2.09. The van der Waals surface area contributed by atoms with Gasteiger partial charge in [0.25, 0.3) is 0 Å². The fraction of sp³-hybridized carbons (Fsp3) is 0.443. The molecule has 0 atom stereocenters. The molecule has 1 saturated carbocycles. The van der Waals surface area contributed by atoms with Gasteiger partial charge in [-0.15, -0.1) is 55.8 Å². The summed E-state index contributed by atoms with van der Waals surface area (Å²) in [5.41, 5.74) is 13.6. The van der Waals surface area contributed by atoms with E-state index in [1.165, 1.54) is 107 Å². The minimum absolute atomic E-state index is 0.740. The monoisotopic (exact) mass is 1320 g/mol. The van der Waals surface area contributed by atoms with Gasteiger partial charge >= 0.3 is 0 Å². The second kappa shape index (κ2) is 116. The van der Waals surface area contributed by atoms with Crippen LogP contribution in [-0.4, -0.2) is 0 Å². The molecular formula is C97H158. The third-order valence-electron chi connectivity index (χ3n) is 11.3. The average molecular weight is 1320 g/mol. The second-order valence-electron chi connectivity index (χ2n) is 22.5. The van der Waals surface area contributed by atoms with Crippen molar-refractivity contribution in [2.75, 3.05) is 0 Å². The molecule has 0 radical (unpaired) electrons. The van der Waals surface area contributed by atoms with Crippen LogP contribution in [0.2, 0.25) is 0 Å². The van der Waals surface area contributed by atoms with Crippen molar-refractivity contribution in [2.45, 2.75) is 285 Å². The van der Waals surface area contributed by atoms with E-state index in [1.807, 2.05) is 189 Å². The molecule has 0 unspecified atom stereocenters. The van der Waals surface area contributed by atoms with Gasteiger partial charge in [-0.3, -0.25) is 0 Å². The smallest absolute Gasteiger partial charge is 0.0202 e. The van der Waals surface area contributed by atoms with Gasteiger partial charge in [-0.1, -0.05) is 306 Å². The molecule has 4 aromatic carbocycles. The van der Waals surface area contributed by atoms with E-state index >= 15 is 0 Å². The minimum Gasteiger partial charge on any atom is -0.120 e. The van der Waals surface area contributed by atoms with Crippen LogP contribution in [0.1, 0.15) is 295 Å². The summed E-state index contributed by atoms with van der Waals surface area (Å²) in [6, 6.07) is 41.5. The molecule has 0 aromatic heterocycles. The van der Waals surface area contributed by atoms with E-state index in [4.69, 9.17) is 0 Å². The molecule has 546 valence electrons. The molecule has 0 N–H and O–H groups in total. The number of terminal acetylenes is 1. The highest BCUT2D eigenvalue weighted by Crippen LogP contribution is 2.22. The fourth-order valence-electron chi connectivity index (χ4n) is 5.26. The Labute approximate surface area is 611 Å². The Morgan fingerprint density at radius 2 is 0.732 bits per heavy atom. The van der Waals surface area contributed by atoms with E-state index in [2.05, 4.69) is 281 Å². The Morgan fingerprint density at radius 3 is 0.887 bits per heavy atom. The third kappa shape index (κ3) is 164. The molecule has 1 fully saturated rings. The van der Waals surface area contributed by atoms with Crippen LogP contribution in [0, 0.1) is 41.9 Å². The van der Waals surface area contributed by atoms with Crippen LogP contribution < -0.4 is 0 Å². The van der Waals surface area contributed by atoms with E-state index in [0.717, 1.165) is 25.2 Å². The molecule has 1 aliphatic carbocycles. The highest BCUT2D eigenvalue weighted by atomic mass is 14.1. The summed E-state index contributed by atoms with van der Waals surface area (Å²) in [6.45, 7) is 73.3. The van der Waals surface area contributed by atoms with Gasteiger partial charge in [0.15, 0.2) is 0 Å². The van der Waals surface area contributed by atoms with Crippen LogP contribution in [0.25, 0.3) is 12.2 Å². The van der Waals surface area contributed by atoms with Gasteiger partial charge in [0.1, 0.15) is 0 Å². The SMILES string of the molecule is C#CC.C/C=C/C.C/C=C/CC.C/C=C/c1ccccc1.C/C=C\C.C/C=C\c1ccccc1.C=C(C)C.C=CC.C=CCC.CC#CC.CC#CC1CCCCC1.CC(C)=C(C)C.CC=C(C)C.CC=C(C)C.CCC=C(C)C.CCCc1ccccc1.CCc1ccccc1. The third-order valence-corrected chi connectivity index (χ3v) is 11.3. The standard InChI is InChI=1S/C9H14.C9H12.2C9H10.C8H10.2C6H12.3C5H10.4C4H8.C4H6.C3H6.C3H4/c4*1-2-6-9-7-4-3-5-8-9;1-2-8-6-4-3-5-7-8;1-5(2)6(3)4;1-4-5-6(2)3;2*1-4-5(2)3;1-3-5-4-2;1-4(2)3;4*1-3-4-2;2*1-3-2/h9H,3-5,7-8H2,1H3;3-5,7-8H,2,6H2,1H3;2*2-8H,1H3;3-7H,2H2,1H3;1-4H3;5H,4H2,1-3H3;2*4H,1-3H3;3,5H,4H2,1-2H3;1H2,2-3H3;2*3-4H,1-2H3;3H,1,4H2,2H3;1-2H3;3H,1H2,2H3;1H,2H3/b;;6-2+;6-2-;;;;;;5-3+;;4-3+;4-3-;;;;. The molecule has 0 nitrogen and oxygen atoms in total. The average Bonchev–Trinajstić information content (AvgIpc) is 2.84. The van der Waals surface area contributed by atoms with Crippen molar-refractivity contribution in [3.05, 3.63) is 276 Å². The first-order valence-corrected chi connectivity index (χ1v) is 35.8. The van der Waals surface area contributed by atoms with Crippen molar-refractivity contribution in [3.63, 3.8) is 0 Å². The molecule has 0 aliphatic heterocycles. The minimum atomic E-state index is 0.740. The first-order valence-electron chi connectivity index (χ1n) is 35.8. The molecule has 1 aliphatic rings. The summed E-state index contributed by atoms with van der Waals surface area (Å²) in [6.07, 6.45) is 49.0. The molecule has 0 saturated heterocycles. The van der Waals surface area contributed by atoms with Crippen LogP contribution in [0.4, 0.5) is 0 Å². The van der Waals surface area contributed by atoms with Crippen LogP contribution in [0.15, 0.2) is 253 Å². The lowest BCUT2D eigenvalue weighted by Gasteiger charge is -2.15. The van der Waals surface area contributed by atoms with Crippen molar-refractivity contribution < 1.29 is 0 Å². The zero-order chi connectivity index (χ0) is 77.4. The van der Waals surface area contributed by atoms with Crippen molar-refractivity contribution in [1.82, 2.24) is 0 Å². The maximum Gasteiger partial charge on any atom is 0.0202 e. The first-order chi connectivity index (χ1) is 46.2. The molecule has 0 amide bonds. The van der Waals surface area contributed by atoms with E-state index in [0.29, 0.717) is 0 Å². The summed E-state index contributed by atoms with van der Waals surface area (Å²) < 4.78 is 0. The number of allylic oxidation sites excluding steroid dienone is 19. The van der Waals surface area contributed by atoms with Crippen LogP contribution >= 0.6 is 0 Å². The van der Waals surface area contributed by atoms with Gasteiger partial charge in [0.05, 0.1) is 0 Å². The van der Waals surface area contributed by atoms with Crippen LogP contribution in [0.3, 0.4) is 0 Å². The summed E-state index contributed by atoms with van der Waals surface area (Å²) in [5.74, 6) is 14.6. The van der Waals surface area contributed by atoms with Gasteiger partial charge in [-0.05, 0) is 247 Å². The topological polar surface area (TPSA) is 0 Å². The maximum atomic E-state index is 4.60. The molecule has 0 heterocycles. The lowest BCUT2D eigenvalue weighted by atomic mass is 9.90. The lowest BCUT2D eigenvalue weighted by molar-refractivity contribution is 0.430. The quantitative estimate of drug-likeness (QED) is 0.122. The van der Waals surface area contributed by atoms with Crippen molar-refractivity contribution in [1.29, 1.82) is 0 Å². The predicted octanol–water partition coefficient (Wildman–Crippen LogP) is 32.8. The number of aryl methyl sites for hydroxylation is 2. The highest BCUT2D eigenvalue weighted by molar-refractivity contribution is 5.48. The van der Waals surface area contributed by atoms with E-state index in [1.54, 1.807) is 13.0 Å². The van der Waals surface area contributed by atoms with Crippen LogP contribution in [0.5, 0.6) is 0 Å². The number of hydrogen-bond acceptors (Lipinski definition) is 0. The van der Waals surface area contributed by atoms with Gasteiger partial charge in [0.2, 0.25) is 0 Å². The Morgan fingerprint density at radius 1 is 0.433 bits per heavy atom. The van der Waals surface area contributed by atoms with Crippen molar-refractivity contribution >= 4 is 12.2 Å². The summed E-state index contributed by atoms with van der Waals surface area (Å²) in [7, 11) is 0. The van der Waals surface area contributed by atoms with Gasteiger partial charge in [-0.2, -0.15) is 0 Å². The number of rotatable bonds is 8. The Hall–Kier alpha value is -7.56. The molecule has 0 spiro atoms. The zero-order valence-electron chi connectivity index (χ0n) is 69.8. The Balaban J connectivity index is -0.0000000802. The molecule has 0 heteroatoms. The van der Waals surface area contributed by atoms with Gasteiger partial charge in [-0.25, -0.2) is 0 Å². The summed E-state index contributed by atoms with van der Waals surface area (Å²) in [4.78, 5) is 0. The number of hydrogen-bond donors (Lipinski definition) is 0. The predicted molar refractivity (Wildman–Crippen MR) is 465 cm³/mol. The van der Waals surface area contributed by atoms with Gasteiger partial charge in [0, 0.05) is 5.92 Å². The maximum absolute atomic E-state index is 4.60. The number of benzene rings is 4. The zero-order valence-corrected chi connectivity index (χ0v) is 69.8. The molecule has 4 aromatic rings.